The summed E-state index contributed by atoms with van der Waals surface area (Å²) >= 11 is 0. The highest BCUT2D eigenvalue weighted by molar-refractivity contribution is 6.01. The second-order valence-electron chi connectivity index (χ2n) is 2.55. The molecule has 1 N–H and O–H groups in total. The summed E-state index contributed by atoms with van der Waals surface area (Å²) in [5, 5.41) is 8.58. The van der Waals surface area contributed by atoms with Crippen molar-refractivity contribution in [3.05, 3.63) is 0 Å². The normalized spacial score (nSPS) is 15.9. The average Bonchev–Trinajstić information content (AvgIpc) is 1.85. The fourth-order valence-electron chi connectivity index (χ4n) is 0.551. The minimum atomic E-state index is -1.18. The van der Waals surface area contributed by atoms with Gasteiger partial charge in [0, 0.05) is 0 Å². The van der Waals surface area contributed by atoms with Crippen molar-refractivity contribution in [3.8, 4) is 0 Å². The molecule has 0 bridgehead atoms. The number of rotatable bonds is 3. The molecule has 0 fully saturated rings. The number of carbonyl (C=O) groups excluding carboxylic acids is 1. The molecule has 0 aromatic carbocycles. The number of carboxylic acid groups (broad SMARTS) is 1. The highest BCUT2D eigenvalue weighted by Crippen LogP contribution is 2.21. The van der Waals surface area contributed by atoms with Crippen molar-refractivity contribution in [2.24, 2.45) is 5.41 Å². The SMILES string of the molecule is CCC(C)(C(C)=O)C(=O)O. The van der Waals surface area contributed by atoms with E-state index in [1.54, 1.807) is 6.92 Å². The molecule has 0 aliphatic heterocycles. The Bertz CT molecular complexity index is 146. The van der Waals surface area contributed by atoms with Gasteiger partial charge in [-0.3, -0.25) is 9.59 Å². The number of aliphatic carboxylic acids is 1. The van der Waals surface area contributed by atoms with Crippen LogP contribution >= 0.6 is 0 Å². The van der Waals surface area contributed by atoms with E-state index in [0.29, 0.717) is 6.42 Å². The van der Waals surface area contributed by atoms with Crippen molar-refractivity contribution in [2.45, 2.75) is 27.2 Å². The Kier molecular flexibility index (Phi) is 2.57. The molecule has 0 saturated heterocycles. The van der Waals surface area contributed by atoms with Gasteiger partial charge < -0.3 is 5.11 Å². The Labute approximate surface area is 60.0 Å². The van der Waals surface area contributed by atoms with Crippen LogP contribution in [0.2, 0.25) is 0 Å². The molecule has 0 heterocycles. The van der Waals surface area contributed by atoms with E-state index in [2.05, 4.69) is 0 Å². The molecule has 0 aromatic heterocycles. The van der Waals surface area contributed by atoms with E-state index in [0.717, 1.165) is 0 Å². The summed E-state index contributed by atoms with van der Waals surface area (Å²) in [5.74, 6) is -1.33. The first kappa shape index (κ1) is 9.14. The zero-order chi connectivity index (χ0) is 8.36. The molecule has 0 aromatic rings. The Morgan fingerprint density at radius 1 is 1.50 bits per heavy atom. The van der Waals surface area contributed by atoms with E-state index in [4.69, 9.17) is 5.11 Å². The highest BCUT2D eigenvalue weighted by Gasteiger charge is 2.35. The summed E-state index contributed by atoms with van der Waals surface area (Å²) in [4.78, 5) is 21.2. The Morgan fingerprint density at radius 3 is 1.90 bits per heavy atom. The molecule has 58 valence electrons. The van der Waals surface area contributed by atoms with Gasteiger partial charge in [-0.2, -0.15) is 0 Å². The number of carbonyl (C=O) groups is 2. The summed E-state index contributed by atoms with van der Waals surface area (Å²) in [6, 6.07) is 0. The molecule has 0 radical (unpaired) electrons. The lowest BCUT2D eigenvalue weighted by molar-refractivity contribution is -0.153. The quantitative estimate of drug-likeness (QED) is 0.603. The smallest absolute Gasteiger partial charge is 0.316 e. The van der Waals surface area contributed by atoms with Crippen LogP contribution in [0.5, 0.6) is 0 Å². The van der Waals surface area contributed by atoms with Crippen LogP contribution in [-0.4, -0.2) is 16.9 Å². The largest absolute Gasteiger partial charge is 0.481 e. The third-order valence-corrected chi connectivity index (χ3v) is 1.96. The maximum absolute atomic E-state index is 10.8. The van der Waals surface area contributed by atoms with E-state index in [1.807, 2.05) is 0 Å². The zero-order valence-corrected chi connectivity index (χ0v) is 6.47. The van der Waals surface area contributed by atoms with Crippen molar-refractivity contribution in [1.82, 2.24) is 0 Å². The number of ketones is 1. The van der Waals surface area contributed by atoms with Gasteiger partial charge in [-0.15, -0.1) is 0 Å². The van der Waals surface area contributed by atoms with Gasteiger partial charge in [0.1, 0.15) is 11.2 Å². The Morgan fingerprint density at radius 2 is 1.90 bits per heavy atom. The van der Waals surface area contributed by atoms with Crippen molar-refractivity contribution in [3.63, 3.8) is 0 Å². The summed E-state index contributed by atoms with van der Waals surface area (Å²) in [6.07, 6.45) is 0.345. The molecule has 1 unspecified atom stereocenters. The van der Waals surface area contributed by atoms with Gasteiger partial charge >= 0.3 is 5.97 Å². The van der Waals surface area contributed by atoms with Crippen LogP contribution < -0.4 is 0 Å². The molecule has 0 amide bonds. The van der Waals surface area contributed by atoms with Crippen molar-refractivity contribution in [1.29, 1.82) is 0 Å². The summed E-state index contributed by atoms with van der Waals surface area (Å²) in [7, 11) is 0. The fourth-order valence-corrected chi connectivity index (χ4v) is 0.551. The predicted molar refractivity (Wildman–Crippen MR) is 36.7 cm³/mol. The van der Waals surface area contributed by atoms with Crippen molar-refractivity contribution >= 4 is 11.8 Å². The highest BCUT2D eigenvalue weighted by atomic mass is 16.4. The van der Waals surface area contributed by atoms with Crippen molar-refractivity contribution in [2.75, 3.05) is 0 Å². The van der Waals surface area contributed by atoms with Gasteiger partial charge in [-0.05, 0) is 20.3 Å². The molecule has 0 aliphatic rings. The van der Waals surface area contributed by atoms with E-state index in [1.165, 1.54) is 13.8 Å². The first-order valence-electron chi connectivity index (χ1n) is 3.19. The molecule has 0 rings (SSSR count). The van der Waals surface area contributed by atoms with Crippen LogP contribution in [0, 0.1) is 5.41 Å². The molecule has 3 nitrogen and oxygen atoms in total. The lowest BCUT2D eigenvalue weighted by atomic mass is 9.84. The third kappa shape index (κ3) is 1.35. The predicted octanol–water partition coefficient (Wildman–Crippen LogP) is 1.08. The monoisotopic (exact) mass is 144 g/mol. The fraction of sp³-hybridized carbons (Fsp3) is 0.714. The van der Waals surface area contributed by atoms with Gasteiger partial charge in [-0.1, -0.05) is 6.92 Å². The lowest BCUT2D eigenvalue weighted by Crippen LogP contribution is -2.33. The van der Waals surface area contributed by atoms with Crippen molar-refractivity contribution < 1.29 is 14.7 Å². The van der Waals surface area contributed by atoms with Crippen LogP contribution in [-0.2, 0) is 9.59 Å². The van der Waals surface area contributed by atoms with Gasteiger partial charge in [0.05, 0.1) is 0 Å². The molecule has 1 atom stereocenters. The standard InChI is InChI=1S/C7H12O3/c1-4-7(3,5(2)8)6(9)10/h4H2,1-3H3,(H,9,10). The van der Waals surface area contributed by atoms with Crippen LogP contribution in [0.25, 0.3) is 0 Å². The summed E-state index contributed by atoms with van der Waals surface area (Å²) < 4.78 is 0. The number of hydrogen-bond acceptors (Lipinski definition) is 2. The topological polar surface area (TPSA) is 54.4 Å². The van der Waals surface area contributed by atoms with Gasteiger partial charge in [0.25, 0.3) is 0 Å². The molecule has 0 spiro atoms. The minimum absolute atomic E-state index is 0.289. The second kappa shape index (κ2) is 2.82. The molecule has 0 saturated carbocycles. The average molecular weight is 144 g/mol. The first-order chi connectivity index (χ1) is 4.45. The van der Waals surface area contributed by atoms with Crippen LogP contribution in [0.1, 0.15) is 27.2 Å². The van der Waals surface area contributed by atoms with Crippen LogP contribution in [0.15, 0.2) is 0 Å². The molecular weight excluding hydrogens is 132 g/mol. The molecular formula is C7H12O3. The van der Waals surface area contributed by atoms with Crippen LogP contribution in [0.3, 0.4) is 0 Å². The van der Waals surface area contributed by atoms with Gasteiger partial charge in [0.15, 0.2) is 0 Å². The molecule has 3 heteroatoms. The summed E-state index contributed by atoms with van der Waals surface area (Å²) in [5.41, 5.74) is -1.18. The zero-order valence-electron chi connectivity index (χ0n) is 6.47. The number of hydrogen-bond donors (Lipinski definition) is 1. The van der Waals surface area contributed by atoms with E-state index >= 15 is 0 Å². The van der Waals surface area contributed by atoms with Gasteiger partial charge in [0.2, 0.25) is 0 Å². The molecule has 10 heavy (non-hydrogen) atoms. The van der Waals surface area contributed by atoms with E-state index in [9.17, 15) is 9.59 Å². The van der Waals surface area contributed by atoms with Crippen LogP contribution in [0.4, 0.5) is 0 Å². The summed E-state index contributed by atoms with van der Waals surface area (Å²) in [6.45, 7) is 4.44. The maximum atomic E-state index is 10.8. The van der Waals surface area contributed by atoms with E-state index in [-0.39, 0.29) is 5.78 Å². The first-order valence-corrected chi connectivity index (χ1v) is 3.19. The Hall–Kier alpha value is -0.860. The third-order valence-electron chi connectivity index (χ3n) is 1.96. The van der Waals surface area contributed by atoms with E-state index < -0.39 is 11.4 Å². The maximum Gasteiger partial charge on any atom is 0.316 e. The number of Topliss-reactive ketones (excluding diaryl/α,β-unsaturated/α-hetero) is 1. The van der Waals surface area contributed by atoms with Gasteiger partial charge in [-0.25, -0.2) is 0 Å². The lowest BCUT2D eigenvalue weighted by Gasteiger charge is -2.18. The Balaban J connectivity index is 4.55. The minimum Gasteiger partial charge on any atom is -0.481 e. The molecule has 0 aliphatic carbocycles. The second-order valence-corrected chi connectivity index (χ2v) is 2.55. The number of carboxylic acids is 1.